The lowest BCUT2D eigenvalue weighted by molar-refractivity contribution is 0.205. The number of nitrogens with one attached hydrogen (secondary N) is 2. The molecule has 2 aromatic heterocycles. The van der Waals surface area contributed by atoms with Crippen LogP contribution in [-0.4, -0.2) is 24.5 Å². The van der Waals surface area contributed by atoms with E-state index in [2.05, 4.69) is 45.4 Å². The second-order valence-corrected chi connectivity index (χ2v) is 7.80. The zero-order valence-corrected chi connectivity index (χ0v) is 14.3. The van der Waals surface area contributed by atoms with Gasteiger partial charge in [-0.25, -0.2) is 5.43 Å². The standard InChI is InChI=1S/C19H21N3OS/c1-2-4-16-13(3-1)9-17(23-16)19-15(10-20-21-19)12-22-7-5-18-14(11-22)6-8-24-18/h1-4,6,8-9,15,19-21H,5,7,10-12H2. The first kappa shape index (κ1) is 14.7. The van der Waals surface area contributed by atoms with Crippen molar-refractivity contribution in [2.45, 2.75) is 19.0 Å². The summed E-state index contributed by atoms with van der Waals surface area (Å²) in [6.07, 6.45) is 1.19. The van der Waals surface area contributed by atoms with Crippen molar-refractivity contribution >= 4 is 22.3 Å². The molecule has 0 aliphatic carbocycles. The van der Waals surface area contributed by atoms with Gasteiger partial charge in [-0.15, -0.1) is 11.3 Å². The summed E-state index contributed by atoms with van der Waals surface area (Å²) in [6.45, 7) is 4.32. The summed E-state index contributed by atoms with van der Waals surface area (Å²) in [6, 6.07) is 12.9. The number of thiophene rings is 1. The molecule has 5 heteroatoms. The third kappa shape index (κ3) is 2.58. The van der Waals surface area contributed by atoms with Crippen molar-refractivity contribution in [1.29, 1.82) is 0 Å². The summed E-state index contributed by atoms with van der Waals surface area (Å²) in [5, 5.41) is 3.41. The van der Waals surface area contributed by atoms with Crippen molar-refractivity contribution in [2.24, 2.45) is 5.92 Å². The van der Waals surface area contributed by atoms with Crippen molar-refractivity contribution in [1.82, 2.24) is 15.8 Å². The van der Waals surface area contributed by atoms with Gasteiger partial charge in [-0.3, -0.25) is 10.3 Å². The fraction of sp³-hybridized carbons (Fsp3) is 0.368. The summed E-state index contributed by atoms with van der Waals surface area (Å²) in [5.74, 6) is 1.56. The minimum Gasteiger partial charge on any atom is -0.459 e. The van der Waals surface area contributed by atoms with E-state index in [0.29, 0.717) is 5.92 Å². The Hall–Kier alpha value is -1.66. The SMILES string of the molecule is c1ccc2oc(C3NNCC3CN3CCc4sccc4C3)cc2c1. The number of benzene rings is 1. The number of furan rings is 1. The minimum absolute atomic E-state index is 0.237. The number of hydrogen-bond donors (Lipinski definition) is 2. The van der Waals surface area contributed by atoms with Gasteiger partial charge in [0, 0.05) is 42.4 Å². The molecule has 2 N–H and O–H groups in total. The van der Waals surface area contributed by atoms with Crippen molar-refractivity contribution < 1.29 is 4.42 Å². The number of hydrazine groups is 1. The summed E-state index contributed by atoms with van der Waals surface area (Å²) in [5.41, 5.74) is 9.25. The fourth-order valence-electron chi connectivity index (χ4n) is 3.96. The van der Waals surface area contributed by atoms with Crippen LogP contribution in [0.15, 0.2) is 46.2 Å². The molecule has 0 saturated carbocycles. The Balaban J connectivity index is 1.34. The van der Waals surface area contributed by atoms with E-state index in [-0.39, 0.29) is 6.04 Å². The summed E-state index contributed by atoms with van der Waals surface area (Å²) in [7, 11) is 0. The Bertz CT molecular complexity index is 822. The van der Waals surface area contributed by atoms with Gasteiger partial charge in [0.25, 0.3) is 0 Å². The lowest BCUT2D eigenvalue weighted by Crippen LogP contribution is -2.36. The summed E-state index contributed by atoms with van der Waals surface area (Å²) < 4.78 is 6.10. The molecule has 0 spiro atoms. The van der Waals surface area contributed by atoms with E-state index < -0.39 is 0 Å². The molecule has 2 aliphatic heterocycles. The third-order valence-corrected chi connectivity index (χ3v) is 6.25. The zero-order chi connectivity index (χ0) is 15.9. The van der Waals surface area contributed by atoms with Gasteiger partial charge < -0.3 is 4.42 Å². The van der Waals surface area contributed by atoms with Crippen molar-refractivity contribution in [2.75, 3.05) is 19.6 Å². The fourth-order valence-corrected chi connectivity index (χ4v) is 4.85. The van der Waals surface area contributed by atoms with E-state index in [0.717, 1.165) is 37.5 Å². The number of para-hydroxylation sites is 1. The Labute approximate surface area is 145 Å². The van der Waals surface area contributed by atoms with Crippen LogP contribution in [0.2, 0.25) is 0 Å². The van der Waals surface area contributed by atoms with Gasteiger partial charge in [0.05, 0.1) is 6.04 Å². The van der Waals surface area contributed by atoms with Crippen LogP contribution < -0.4 is 10.9 Å². The van der Waals surface area contributed by atoms with Gasteiger partial charge in [-0.2, -0.15) is 0 Å². The van der Waals surface area contributed by atoms with Crippen molar-refractivity contribution in [3.63, 3.8) is 0 Å². The molecule has 4 nitrogen and oxygen atoms in total. The molecule has 124 valence electrons. The quantitative estimate of drug-likeness (QED) is 0.768. The Kier molecular flexibility index (Phi) is 3.67. The Morgan fingerprint density at radius 2 is 2.21 bits per heavy atom. The lowest BCUT2D eigenvalue weighted by atomic mass is 9.97. The first-order valence-corrected chi connectivity index (χ1v) is 9.49. The highest BCUT2D eigenvalue weighted by atomic mass is 32.1. The first-order valence-electron chi connectivity index (χ1n) is 8.61. The molecule has 1 saturated heterocycles. The van der Waals surface area contributed by atoms with Crippen LogP contribution in [0.1, 0.15) is 22.2 Å². The predicted molar refractivity (Wildman–Crippen MR) is 96.9 cm³/mol. The van der Waals surface area contributed by atoms with Gasteiger partial charge in [0.15, 0.2) is 0 Å². The van der Waals surface area contributed by atoms with Crippen molar-refractivity contribution in [3.05, 3.63) is 58.0 Å². The van der Waals surface area contributed by atoms with Gasteiger partial charge in [-0.1, -0.05) is 18.2 Å². The predicted octanol–water partition coefficient (Wildman–Crippen LogP) is 3.32. The Morgan fingerprint density at radius 3 is 3.17 bits per heavy atom. The number of rotatable bonds is 3. The largest absolute Gasteiger partial charge is 0.459 e. The number of nitrogens with zero attached hydrogens (tertiary/aromatic N) is 1. The van der Waals surface area contributed by atoms with Crippen LogP contribution in [0.5, 0.6) is 0 Å². The van der Waals surface area contributed by atoms with E-state index in [1.807, 2.05) is 23.5 Å². The van der Waals surface area contributed by atoms with E-state index >= 15 is 0 Å². The maximum Gasteiger partial charge on any atom is 0.134 e. The first-order chi connectivity index (χ1) is 11.9. The van der Waals surface area contributed by atoms with Crippen molar-refractivity contribution in [3.8, 4) is 0 Å². The minimum atomic E-state index is 0.237. The molecule has 0 bridgehead atoms. The van der Waals surface area contributed by atoms with E-state index in [9.17, 15) is 0 Å². The van der Waals surface area contributed by atoms with Crippen LogP contribution in [0.4, 0.5) is 0 Å². The molecular formula is C19H21N3OS. The molecule has 2 atom stereocenters. The molecule has 2 aliphatic rings. The Morgan fingerprint density at radius 1 is 1.25 bits per heavy atom. The van der Waals surface area contributed by atoms with Crippen LogP contribution in [0.25, 0.3) is 11.0 Å². The highest BCUT2D eigenvalue weighted by Gasteiger charge is 2.33. The molecule has 5 rings (SSSR count). The van der Waals surface area contributed by atoms with Gasteiger partial charge in [0.2, 0.25) is 0 Å². The lowest BCUT2D eigenvalue weighted by Gasteiger charge is -2.30. The molecule has 1 aromatic carbocycles. The highest BCUT2D eigenvalue weighted by Crippen LogP contribution is 2.32. The maximum absolute atomic E-state index is 6.10. The monoisotopic (exact) mass is 339 g/mol. The van der Waals surface area contributed by atoms with Crippen LogP contribution in [-0.2, 0) is 13.0 Å². The zero-order valence-electron chi connectivity index (χ0n) is 13.5. The van der Waals surface area contributed by atoms with E-state index in [1.165, 1.54) is 17.4 Å². The van der Waals surface area contributed by atoms with E-state index in [4.69, 9.17) is 4.42 Å². The number of fused-ring (bicyclic) bond motifs is 2. The van der Waals surface area contributed by atoms with Crippen LogP contribution in [0, 0.1) is 5.92 Å². The molecule has 24 heavy (non-hydrogen) atoms. The second-order valence-electron chi connectivity index (χ2n) is 6.80. The topological polar surface area (TPSA) is 40.4 Å². The van der Waals surface area contributed by atoms with Gasteiger partial charge >= 0.3 is 0 Å². The molecule has 1 fully saturated rings. The summed E-state index contributed by atoms with van der Waals surface area (Å²) >= 11 is 1.90. The number of hydrogen-bond acceptors (Lipinski definition) is 5. The molecule has 0 amide bonds. The molecule has 2 unspecified atom stereocenters. The highest BCUT2D eigenvalue weighted by molar-refractivity contribution is 7.10. The third-order valence-electron chi connectivity index (χ3n) is 5.22. The second kappa shape index (κ2) is 6.01. The van der Waals surface area contributed by atoms with Crippen LogP contribution in [0.3, 0.4) is 0 Å². The summed E-state index contributed by atoms with van der Waals surface area (Å²) in [4.78, 5) is 4.16. The normalized spacial score (nSPS) is 24.5. The smallest absolute Gasteiger partial charge is 0.134 e. The molecular weight excluding hydrogens is 318 g/mol. The van der Waals surface area contributed by atoms with Crippen LogP contribution >= 0.6 is 11.3 Å². The average molecular weight is 339 g/mol. The van der Waals surface area contributed by atoms with E-state index in [1.54, 1.807) is 4.88 Å². The van der Waals surface area contributed by atoms with Gasteiger partial charge in [-0.05, 0) is 35.6 Å². The molecule has 0 radical (unpaired) electrons. The molecule has 3 aromatic rings. The van der Waals surface area contributed by atoms with Gasteiger partial charge in [0.1, 0.15) is 11.3 Å². The molecule has 4 heterocycles. The average Bonchev–Trinajstić information content (AvgIpc) is 3.33. The maximum atomic E-state index is 6.10.